The van der Waals surface area contributed by atoms with Gasteiger partial charge in [0, 0.05) is 0 Å². The molecule has 1 aromatic rings. The summed E-state index contributed by atoms with van der Waals surface area (Å²) in [6.45, 7) is 4.17. The minimum absolute atomic E-state index is 0.141. The van der Waals surface area contributed by atoms with E-state index >= 15 is 0 Å². The topological polar surface area (TPSA) is 68.1 Å². The Hall–Kier alpha value is -2.04. The number of nitrogens with zero attached hydrogens (tertiary/aromatic N) is 1. The van der Waals surface area contributed by atoms with Crippen LogP contribution >= 0.6 is 0 Å². The van der Waals surface area contributed by atoms with Gasteiger partial charge in [0.25, 0.3) is 0 Å². The SMILES string of the molecule is CC(C)=NOCCOc1ccccc1C(=O)O. The van der Waals surface area contributed by atoms with Gasteiger partial charge in [0.05, 0.1) is 5.71 Å². The molecule has 5 nitrogen and oxygen atoms in total. The van der Waals surface area contributed by atoms with Crippen molar-refractivity contribution >= 4 is 11.7 Å². The second-order valence-corrected chi connectivity index (χ2v) is 3.52. The van der Waals surface area contributed by atoms with Gasteiger partial charge in [0.15, 0.2) is 6.61 Å². The first kappa shape index (κ1) is 13.0. The normalized spacial score (nSPS) is 9.53. The van der Waals surface area contributed by atoms with Gasteiger partial charge in [-0.05, 0) is 26.0 Å². The molecule has 17 heavy (non-hydrogen) atoms. The third kappa shape index (κ3) is 4.55. The van der Waals surface area contributed by atoms with Crippen LogP contribution in [-0.2, 0) is 4.84 Å². The fraction of sp³-hybridized carbons (Fsp3) is 0.333. The first-order valence-corrected chi connectivity index (χ1v) is 5.19. The van der Waals surface area contributed by atoms with Crippen molar-refractivity contribution in [3.63, 3.8) is 0 Å². The lowest BCUT2D eigenvalue weighted by atomic mass is 10.2. The van der Waals surface area contributed by atoms with E-state index in [1.807, 2.05) is 13.8 Å². The number of ether oxygens (including phenoxy) is 1. The smallest absolute Gasteiger partial charge is 0.339 e. The summed E-state index contributed by atoms with van der Waals surface area (Å²) in [4.78, 5) is 15.8. The van der Waals surface area contributed by atoms with E-state index in [2.05, 4.69) is 5.16 Å². The predicted molar refractivity (Wildman–Crippen MR) is 63.6 cm³/mol. The average Bonchev–Trinajstić information content (AvgIpc) is 2.28. The molecule has 0 atom stereocenters. The molecular weight excluding hydrogens is 222 g/mol. The zero-order chi connectivity index (χ0) is 12.7. The summed E-state index contributed by atoms with van der Waals surface area (Å²) in [7, 11) is 0. The predicted octanol–water partition coefficient (Wildman–Crippen LogP) is 2.18. The van der Waals surface area contributed by atoms with E-state index in [1.165, 1.54) is 6.07 Å². The molecule has 0 spiro atoms. The molecule has 0 saturated heterocycles. The quantitative estimate of drug-likeness (QED) is 0.467. The minimum Gasteiger partial charge on any atom is -0.489 e. The van der Waals surface area contributed by atoms with Gasteiger partial charge >= 0.3 is 5.97 Å². The van der Waals surface area contributed by atoms with Crippen LogP contribution in [0.2, 0.25) is 0 Å². The molecule has 0 amide bonds. The van der Waals surface area contributed by atoms with Crippen molar-refractivity contribution in [2.45, 2.75) is 13.8 Å². The maximum atomic E-state index is 10.9. The van der Waals surface area contributed by atoms with Crippen molar-refractivity contribution in [3.8, 4) is 5.75 Å². The number of oxime groups is 1. The highest BCUT2D eigenvalue weighted by atomic mass is 16.6. The van der Waals surface area contributed by atoms with Crippen LogP contribution in [0.1, 0.15) is 24.2 Å². The highest BCUT2D eigenvalue weighted by Crippen LogP contribution is 2.17. The van der Waals surface area contributed by atoms with E-state index < -0.39 is 5.97 Å². The minimum atomic E-state index is -1.01. The number of aromatic carboxylic acids is 1. The third-order valence-corrected chi connectivity index (χ3v) is 1.80. The molecule has 1 rings (SSSR count). The third-order valence-electron chi connectivity index (χ3n) is 1.80. The fourth-order valence-electron chi connectivity index (χ4n) is 1.13. The molecule has 1 N–H and O–H groups in total. The first-order chi connectivity index (χ1) is 8.11. The number of para-hydroxylation sites is 1. The standard InChI is InChI=1S/C12H15NO4/c1-9(2)13-17-8-7-16-11-6-4-3-5-10(11)12(14)15/h3-6H,7-8H2,1-2H3,(H,14,15). The zero-order valence-corrected chi connectivity index (χ0v) is 9.84. The molecular formula is C12H15NO4. The molecule has 0 bridgehead atoms. The van der Waals surface area contributed by atoms with Crippen LogP contribution in [0.5, 0.6) is 5.75 Å². The zero-order valence-electron chi connectivity index (χ0n) is 9.84. The Morgan fingerprint density at radius 1 is 1.29 bits per heavy atom. The number of rotatable bonds is 6. The maximum Gasteiger partial charge on any atom is 0.339 e. The van der Waals surface area contributed by atoms with Crippen molar-refractivity contribution in [2.75, 3.05) is 13.2 Å². The lowest BCUT2D eigenvalue weighted by Gasteiger charge is -2.07. The molecule has 0 radical (unpaired) electrons. The Kier molecular flexibility index (Phi) is 5.00. The van der Waals surface area contributed by atoms with Gasteiger partial charge < -0.3 is 14.7 Å². The average molecular weight is 237 g/mol. The van der Waals surface area contributed by atoms with Crippen molar-refractivity contribution in [1.29, 1.82) is 0 Å². The van der Waals surface area contributed by atoms with E-state index in [1.54, 1.807) is 18.2 Å². The van der Waals surface area contributed by atoms with Crippen molar-refractivity contribution in [2.24, 2.45) is 5.16 Å². The first-order valence-electron chi connectivity index (χ1n) is 5.19. The lowest BCUT2D eigenvalue weighted by Crippen LogP contribution is -2.08. The molecule has 0 unspecified atom stereocenters. The van der Waals surface area contributed by atoms with E-state index in [0.29, 0.717) is 5.75 Å². The number of benzene rings is 1. The summed E-state index contributed by atoms with van der Waals surface area (Å²) in [6.07, 6.45) is 0. The van der Waals surface area contributed by atoms with Gasteiger partial charge in [0.2, 0.25) is 0 Å². The van der Waals surface area contributed by atoms with Gasteiger partial charge in [-0.15, -0.1) is 0 Å². The van der Waals surface area contributed by atoms with Gasteiger partial charge in [-0.25, -0.2) is 4.79 Å². The Morgan fingerprint density at radius 2 is 2.00 bits per heavy atom. The number of hydrogen-bond acceptors (Lipinski definition) is 4. The molecule has 0 heterocycles. The van der Waals surface area contributed by atoms with Crippen LogP contribution in [0, 0.1) is 0 Å². The van der Waals surface area contributed by atoms with Gasteiger partial charge in [-0.1, -0.05) is 17.3 Å². The highest BCUT2D eigenvalue weighted by Gasteiger charge is 2.09. The molecule has 5 heteroatoms. The molecule has 0 saturated carbocycles. The monoisotopic (exact) mass is 237 g/mol. The molecule has 0 aromatic heterocycles. The Bertz CT molecular complexity index is 411. The molecule has 0 aliphatic heterocycles. The molecule has 0 aliphatic rings. The number of carboxylic acid groups (broad SMARTS) is 1. The van der Waals surface area contributed by atoms with Crippen LogP contribution in [0.3, 0.4) is 0 Å². The van der Waals surface area contributed by atoms with Gasteiger partial charge in [-0.3, -0.25) is 0 Å². The van der Waals surface area contributed by atoms with Crippen molar-refractivity contribution < 1.29 is 19.5 Å². The van der Waals surface area contributed by atoms with Crippen molar-refractivity contribution in [1.82, 2.24) is 0 Å². The highest BCUT2D eigenvalue weighted by molar-refractivity contribution is 5.90. The number of hydrogen-bond donors (Lipinski definition) is 1. The van der Waals surface area contributed by atoms with E-state index in [-0.39, 0.29) is 18.8 Å². The summed E-state index contributed by atoms with van der Waals surface area (Å²) >= 11 is 0. The van der Waals surface area contributed by atoms with Crippen LogP contribution in [0.25, 0.3) is 0 Å². The van der Waals surface area contributed by atoms with Gasteiger partial charge in [-0.2, -0.15) is 0 Å². The Morgan fingerprint density at radius 3 is 2.65 bits per heavy atom. The van der Waals surface area contributed by atoms with Crippen LogP contribution in [0.15, 0.2) is 29.4 Å². The lowest BCUT2D eigenvalue weighted by molar-refractivity contribution is 0.0686. The van der Waals surface area contributed by atoms with E-state index in [4.69, 9.17) is 14.7 Å². The molecule has 0 aliphatic carbocycles. The molecule has 92 valence electrons. The largest absolute Gasteiger partial charge is 0.489 e. The number of carbonyl (C=O) groups is 1. The summed E-state index contributed by atoms with van der Waals surface area (Å²) in [5.74, 6) is -0.676. The maximum absolute atomic E-state index is 10.9. The van der Waals surface area contributed by atoms with Crippen molar-refractivity contribution in [3.05, 3.63) is 29.8 Å². The number of carboxylic acids is 1. The summed E-state index contributed by atoms with van der Waals surface area (Å²) in [5, 5.41) is 12.6. The Labute approximate surface area is 99.7 Å². The summed E-state index contributed by atoms with van der Waals surface area (Å²) < 4.78 is 5.31. The second kappa shape index (κ2) is 6.52. The summed E-state index contributed by atoms with van der Waals surface area (Å²) in [5.41, 5.74) is 0.957. The van der Waals surface area contributed by atoms with Gasteiger partial charge in [0.1, 0.15) is 17.9 Å². The second-order valence-electron chi connectivity index (χ2n) is 3.52. The van der Waals surface area contributed by atoms with Crippen LogP contribution < -0.4 is 4.74 Å². The van der Waals surface area contributed by atoms with Crippen LogP contribution in [-0.4, -0.2) is 30.0 Å². The molecule has 1 aromatic carbocycles. The van der Waals surface area contributed by atoms with Crippen LogP contribution in [0.4, 0.5) is 0 Å². The van der Waals surface area contributed by atoms with E-state index in [9.17, 15) is 4.79 Å². The summed E-state index contributed by atoms with van der Waals surface area (Å²) in [6, 6.07) is 6.47. The Balaban J connectivity index is 2.46. The fourth-order valence-corrected chi connectivity index (χ4v) is 1.13. The molecule has 0 fully saturated rings. The van der Waals surface area contributed by atoms with E-state index in [0.717, 1.165) is 5.71 Å².